The van der Waals surface area contributed by atoms with Gasteiger partial charge in [-0.15, -0.1) is 0 Å². The summed E-state index contributed by atoms with van der Waals surface area (Å²) in [5, 5.41) is 11.3. The number of piperidine rings is 1. The van der Waals surface area contributed by atoms with Crippen LogP contribution < -0.4 is 5.32 Å². The Labute approximate surface area is 125 Å². The van der Waals surface area contributed by atoms with Gasteiger partial charge in [0.25, 0.3) is 0 Å². The molecule has 1 unspecified atom stereocenters. The molecule has 1 atom stereocenters. The van der Waals surface area contributed by atoms with Crippen molar-refractivity contribution in [2.75, 3.05) is 13.1 Å². The molecule has 6 heteroatoms. The number of carboxylic acid groups (broad SMARTS) is 1. The number of likely N-dealkylation sites (tertiary alicyclic amines) is 1. The van der Waals surface area contributed by atoms with E-state index in [-0.39, 0.29) is 18.2 Å². The first-order valence-corrected chi connectivity index (χ1v) is 7.70. The SMILES string of the molecule is CC(C)CC(C(=O)NCCCC(=O)O)N1CCCCC1=O. The van der Waals surface area contributed by atoms with Gasteiger partial charge in [-0.3, -0.25) is 14.4 Å². The van der Waals surface area contributed by atoms with E-state index in [0.29, 0.717) is 38.3 Å². The van der Waals surface area contributed by atoms with Crippen molar-refractivity contribution in [1.29, 1.82) is 0 Å². The Hall–Kier alpha value is -1.59. The number of hydrogen-bond acceptors (Lipinski definition) is 3. The number of rotatable bonds is 8. The van der Waals surface area contributed by atoms with E-state index in [2.05, 4.69) is 5.32 Å². The number of amides is 2. The molecule has 120 valence electrons. The standard InChI is InChI=1S/C15H26N2O4/c1-11(2)10-12(17-9-4-3-6-13(17)18)15(21)16-8-5-7-14(19)20/h11-12H,3-10H2,1-2H3,(H,16,21)(H,19,20). The van der Waals surface area contributed by atoms with Gasteiger partial charge in [-0.2, -0.15) is 0 Å². The molecule has 0 aromatic heterocycles. The summed E-state index contributed by atoms with van der Waals surface area (Å²) >= 11 is 0. The summed E-state index contributed by atoms with van der Waals surface area (Å²) in [6.07, 6.45) is 3.43. The van der Waals surface area contributed by atoms with Crippen molar-refractivity contribution in [3.63, 3.8) is 0 Å². The van der Waals surface area contributed by atoms with Crippen molar-refractivity contribution in [3.8, 4) is 0 Å². The minimum absolute atomic E-state index is 0.0395. The molecule has 1 rings (SSSR count). The third-order valence-electron chi connectivity index (χ3n) is 3.60. The normalized spacial score (nSPS) is 16.9. The van der Waals surface area contributed by atoms with Gasteiger partial charge in [0.05, 0.1) is 0 Å². The molecule has 0 aromatic carbocycles. The van der Waals surface area contributed by atoms with Crippen molar-refractivity contribution in [1.82, 2.24) is 10.2 Å². The van der Waals surface area contributed by atoms with E-state index >= 15 is 0 Å². The lowest BCUT2D eigenvalue weighted by atomic mass is 9.98. The monoisotopic (exact) mass is 298 g/mol. The van der Waals surface area contributed by atoms with E-state index in [9.17, 15) is 14.4 Å². The fourth-order valence-corrected chi connectivity index (χ4v) is 2.55. The number of aliphatic carboxylic acids is 1. The molecule has 0 radical (unpaired) electrons. The number of nitrogens with one attached hydrogen (secondary N) is 1. The molecule has 0 aliphatic carbocycles. The van der Waals surface area contributed by atoms with E-state index in [4.69, 9.17) is 5.11 Å². The van der Waals surface area contributed by atoms with Crippen molar-refractivity contribution in [2.24, 2.45) is 5.92 Å². The van der Waals surface area contributed by atoms with Crippen LogP contribution in [0.4, 0.5) is 0 Å². The van der Waals surface area contributed by atoms with Gasteiger partial charge in [0.2, 0.25) is 11.8 Å². The van der Waals surface area contributed by atoms with E-state index in [0.717, 1.165) is 12.8 Å². The van der Waals surface area contributed by atoms with Gasteiger partial charge >= 0.3 is 5.97 Å². The maximum absolute atomic E-state index is 12.3. The van der Waals surface area contributed by atoms with Crippen LogP contribution in [0.1, 0.15) is 52.4 Å². The molecule has 1 aliphatic heterocycles. The maximum atomic E-state index is 12.3. The van der Waals surface area contributed by atoms with E-state index in [1.54, 1.807) is 4.90 Å². The first kappa shape index (κ1) is 17.5. The fraction of sp³-hybridized carbons (Fsp3) is 0.800. The maximum Gasteiger partial charge on any atom is 0.303 e. The Morgan fingerprint density at radius 1 is 1.33 bits per heavy atom. The lowest BCUT2D eigenvalue weighted by molar-refractivity contribution is -0.143. The molecule has 21 heavy (non-hydrogen) atoms. The molecule has 0 spiro atoms. The molecular weight excluding hydrogens is 272 g/mol. The van der Waals surface area contributed by atoms with Gasteiger partial charge in [0, 0.05) is 25.9 Å². The van der Waals surface area contributed by atoms with Crippen molar-refractivity contribution in [2.45, 2.75) is 58.4 Å². The summed E-state index contributed by atoms with van der Waals surface area (Å²) < 4.78 is 0. The van der Waals surface area contributed by atoms with Crippen molar-refractivity contribution < 1.29 is 19.5 Å². The molecule has 6 nitrogen and oxygen atoms in total. The average molecular weight is 298 g/mol. The van der Waals surface area contributed by atoms with Gasteiger partial charge in [-0.05, 0) is 31.6 Å². The first-order valence-electron chi connectivity index (χ1n) is 7.70. The molecule has 1 aliphatic rings. The Morgan fingerprint density at radius 2 is 2.05 bits per heavy atom. The van der Waals surface area contributed by atoms with Crippen LogP contribution in [-0.2, 0) is 14.4 Å². The summed E-state index contributed by atoms with van der Waals surface area (Å²) in [6, 6.07) is -0.428. The molecule has 2 N–H and O–H groups in total. The van der Waals surface area contributed by atoms with Crippen LogP contribution in [0.5, 0.6) is 0 Å². The largest absolute Gasteiger partial charge is 0.481 e. The molecule has 1 saturated heterocycles. The van der Waals surface area contributed by atoms with Crippen LogP contribution in [0.25, 0.3) is 0 Å². The predicted octanol–water partition coefficient (Wildman–Crippen LogP) is 1.39. The first-order chi connectivity index (χ1) is 9.91. The second kappa shape index (κ2) is 8.64. The number of nitrogens with zero attached hydrogens (tertiary/aromatic N) is 1. The highest BCUT2D eigenvalue weighted by molar-refractivity contribution is 5.88. The van der Waals surface area contributed by atoms with Crippen molar-refractivity contribution in [3.05, 3.63) is 0 Å². The zero-order valence-electron chi connectivity index (χ0n) is 12.9. The van der Waals surface area contributed by atoms with Crippen molar-refractivity contribution >= 4 is 17.8 Å². The van der Waals surface area contributed by atoms with Crippen LogP contribution in [0, 0.1) is 5.92 Å². The van der Waals surface area contributed by atoms with Gasteiger partial charge in [0.1, 0.15) is 6.04 Å². The molecule has 1 fully saturated rings. The summed E-state index contributed by atoms with van der Waals surface area (Å²) in [5.74, 6) is -0.666. The van der Waals surface area contributed by atoms with Gasteiger partial charge in [-0.1, -0.05) is 13.8 Å². The minimum atomic E-state index is -0.866. The minimum Gasteiger partial charge on any atom is -0.481 e. The summed E-state index contributed by atoms with van der Waals surface area (Å²) in [5.41, 5.74) is 0. The number of carbonyl (C=O) groups excluding carboxylic acids is 2. The molecular formula is C15H26N2O4. The van der Waals surface area contributed by atoms with Crippen LogP contribution in [0.15, 0.2) is 0 Å². The lowest BCUT2D eigenvalue weighted by Gasteiger charge is -2.34. The smallest absolute Gasteiger partial charge is 0.303 e. The highest BCUT2D eigenvalue weighted by atomic mass is 16.4. The average Bonchev–Trinajstić information content (AvgIpc) is 2.41. The lowest BCUT2D eigenvalue weighted by Crippen LogP contribution is -2.52. The molecule has 1 heterocycles. The zero-order chi connectivity index (χ0) is 15.8. The molecule has 0 bridgehead atoms. The Morgan fingerprint density at radius 3 is 2.62 bits per heavy atom. The second-order valence-electron chi connectivity index (χ2n) is 5.98. The Kier molecular flexibility index (Phi) is 7.19. The van der Waals surface area contributed by atoms with Crippen LogP contribution >= 0.6 is 0 Å². The fourth-order valence-electron chi connectivity index (χ4n) is 2.55. The summed E-state index contributed by atoms with van der Waals surface area (Å²) in [7, 11) is 0. The number of carbonyl (C=O) groups is 3. The Balaban J connectivity index is 2.57. The zero-order valence-corrected chi connectivity index (χ0v) is 12.9. The second-order valence-corrected chi connectivity index (χ2v) is 5.98. The topological polar surface area (TPSA) is 86.7 Å². The van der Waals surface area contributed by atoms with E-state index < -0.39 is 12.0 Å². The van der Waals surface area contributed by atoms with Crippen LogP contribution in [0.2, 0.25) is 0 Å². The highest BCUT2D eigenvalue weighted by Crippen LogP contribution is 2.19. The highest BCUT2D eigenvalue weighted by Gasteiger charge is 2.31. The van der Waals surface area contributed by atoms with E-state index in [1.165, 1.54) is 0 Å². The molecule has 0 aromatic rings. The number of hydrogen-bond donors (Lipinski definition) is 2. The molecule has 0 saturated carbocycles. The van der Waals surface area contributed by atoms with Crippen LogP contribution in [0.3, 0.4) is 0 Å². The Bertz CT molecular complexity index is 382. The van der Waals surface area contributed by atoms with Gasteiger partial charge in [0.15, 0.2) is 0 Å². The predicted molar refractivity (Wildman–Crippen MR) is 78.7 cm³/mol. The van der Waals surface area contributed by atoms with Crippen LogP contribution in [-0.4, -0.2) is 46.9 Å². The van der Waals surface area contributed by atoms with Gasteiger partial charge < -0.3 is 15.3 Å². The third kappa shape index (κ3) is 6.14. The van der Waals surface area contributed by atoms with Gasteiger partial charge in [-0.25, -0.2) is 0 Å². The molecule has 2 amide bonds. The van der Waals surface area contributed by atoms with E-state index in [1.807, 2.05) is 13.8 Å². The quantitative estimate of drug-likeness (QED) is 0.663. The third-order valence-corrected chi connectivity index (χ3v) is 3.60. The summed E-state index contributed by atoms with van der Waals surface area (Å²) in [6.45, 7) is 5.03. The number of carboxylic acids is 1. The summed E-state index contributed by atoms with van der Waals surface area (Å²) in [4.78, 5) is 36.5.